The third kappa shape index (κ3) is 2.86. The van der Waals surface area contributed by atoms with Crippen LogP contribution in [0.3, 0.4) is 0 Å². The van der Waals surface area contributed by atoms with Crippen molar-refractivity contribution in [1.82, 2.24) is 5.32 Å². The average molecular weight is 246 g/mol. The van der Waals surface area contributed by atoms with Crippen molar-refractivity contribution in [3.8, 4) is 0 Å². The molecule has 1 atom stereocenters. The highest BCUT2D eigenvalue weighted by atomic mass is 15.2. The smallest absolute Gasteiger partial charge is 0.0387 e. The number of anilines is 1. The van der Waals surface area contributed by atoms with Gasteiger partial charge in [-0.1, -0.05) is 26.0 Å². The van der Waals surface area contributed by atoms with Crippen molar-refractivity contribution in [1.29, 1.82) is 0 Å². The predicted octanol–water partition coefficient (Wildman–Crippen LogP) is 3.39. The summed E-state index contributed by atoms with van der Waals surface area (Å²) in [7, 11) is 0. The molecule has 0 spiro atoms. The Morgan fingerprint density at radius 3 is 2.72 bits per heavy atom. The van der Waals surface area contributed by atoms with Gasteiger partial charge >= 0.3 is 0 Å². The van der Waals surface area contributed by atoms with Gasteiger partial charge in [0.2, 0.25) is 0 Å². The Balaban J connectivity index is 2.26. The Morgan fingerprint density at radius 1 is 1.33 bits per heavy atom. The van der Waals surface area contributed by atoms with Crippen molar-refractivity contribution in [2.45, 2.75) is 52.1 Å². The standard InChI is InChI=1S/C16H26N2/c1-12(2)14-7-6-8-15(9-14)18-11-16(4,5)17-10-13(18)3/h6-9,12-13,17H,10-11H2,1-5H3. The Kier molecular flexibility index (Phi) is 3.67. The molecule has 0 bridgehead atoms. The molecule has 1 saturated heterocycles. The molecule has 0 amide bonds. The van der Waals surface area contributed by atoms with Gasteiger partial charge in [-0.3, -0.25) is 0 Å². The fourth-order valence-electron chi connectivity index (χ4n) is 2.58. The molecular formula is C16H26N2. The van der Waals surface area contributed by atoms with Crippen molar-refractivity contribution in [3.05, 3.63) is 29.8 Å². The van der Waals surface area contributed by atoms with Gasteiger partial charge < -0.3 is 10.2 Å². The van der Waals surface area contributed by atoms with Crippen LogP contribution in [0.4, 0.5) is 5.69 Å². The summed E-state index contributed by atoms with van der Waals surface area (Å²) in [4.78, 5) is 2.53. The van der Waals surface area contributed by atoms with E-state index in [1.807, 2.05) is 0 Å². The molecule has 0 aromatic heterocycles. The van der Waals surface area contributed by atoms with E-state index in [1.54, 1.807) is 0 Å². The monoisotopic (exact) mass is 246 g/mol. The number of benzene rings is 1. The van der Waals surface area contributed by atoms with Crippen molar-refractivity contribution in [2.24, 2.45) is 0 Å². The quantitative estimate of drug-likeness (QED) is 0.860. The minimum absolute atomic E-state index is 0.195. The van der Waals surface area contributed by atoms with Gasteiger partial charge in [-0.05, 0) is 44.4 Å². The van der Waals surface area contributed by atoms with Gasteiger partial charge in [0.1, 0.15) is 0 Å². The Hall–Kier alpha value is -1.02. The maximum atomic E-state index is 3.60. The molecule has 2 nitrogen and oxygen atoms in total. The third-order valence-electron chi connectivity index (χ3n) is 3.84. The number of rotatable bonds is 2. The van der Waals surface area contributed by atoms with Crippen molar-refractivity contribution in [3.63, 3.8) is 0 Å². The molecule has 2 rings (SSSR count). The number of nitrogens with one attached hydrogen (secondary N) is 1. The molecule has 100 valence electrons. The Bertz CT molecular complexity index is 409. The van der Waals surface area contributed by atoms with Gasteiger partial charge in [0.25, 0.3) is 0 Å². The highest BCUT2D eigenvalue weighted by molar-refractivity contribution is 5.51. The predicted molar refractivity (Wildman–Crippen MR) is 79.4 cm³/mol. The maximum absolute atomic E-state index is 3.60. The molecule has 1 N–H and O–H groups in total. The number of hydrogen-bond acceptors (Lipinski definition) is 2. The lowest BCUT2D eigenvalue weighted by Crippen LogP contribution is -2.61. The topological polar surface area (TPSA) is 15.3 Å². The highest BCUT2D eigenvalue weighted by Crippen LogP contribution is 2.26. The molecule has 0 saturated carbocycles. The summed E-state index contributed by atoms with van der Waals surface area (Å²) in [5.74, 6) is 0.594. The molecule has 1 aromatic rings. The lowest BCUT2D eigenvalue weighted by atomic mass is 9.97. The number of piperazine rings is 1. The largest absolute Gasteiger partial charge is 0.366 e. The van der Waals surface area contributed by atoms with Crippen LogP contribution in [0.25, 0.3) is 0 Å². The second-order valence-electron chi connectivity index (χ2n) is 6.49. The zero-order chi connectivity index (χ0) is 13.3. The summed E-state index contributed by atoms with van der Waals surface area (Å²) in [6.45, 7) is 13.5. The van der Waals surface area contributed by atoms with Crippen LogP contribution < -0.4 is 10.2 Å². The van der Waals surface area contributed by atoms with E-state index in [-0.39, 0.29) is 5.54 Å². The van der Waals surface area contributed by atoms with E-state index in [4.69, 9.17) is 0 Å². The molecule has 1 fully saturated rings. The molecular weight excluding hydrogens is 220 g/mol. The third-order valence-corrected chi connectivity index (χ3v) is 3.84. The lowest BCUT2D eigenvalue weighted by molar-refractivity contribution is 0.318. The SMILES string of the molecule is CC(C)c1cccc(N2CC(C)(C)NCC2C)c1. The van der Waals surface area contributed by atoms with E-state index in [0.717, 1.165) is 13.1 Å². The summed E-state index contributed by atoms with van der Waals surface area (Å²) < 4.78 is 0. The molecule has 1 aliphatic heterocycles. The molecule has 1 unspecified atom stereocenters. The van der Waals surface area contributed by atoms with Crippen LogP contribution in [0, 0.1) is 0 Å². The molecule has 18 heavy (non-hydrogen) atoms. The highest BCUT2D eigenvalue weighted by Gasteiger charge is 2.30. The van der Waals surface area contributed by atoms with Gasteiger partial charge in [0, 0.05) is 30.4 Å². The molecule has 1 heterocycles. The Morgan fingerprint density at radius 2 is 2.06 bits per heavy atom. The van der Waals surface area contributed by atoms with Crippen LogP contribution >= 0.6 is 0 Å². The Labute approximate surface area is 111 Å². The average Bonchev–Trinajstić information content (AvgIpc) is 2.32. The normalized spacial score (nSPS) is 23.4. The first-order valence-electron chi connectivity index (χ1n) is 7.01. The molecule has 1 aliphatic rings. The van der Waals surface area contributed by atoms with Gasteiger partial charge in [0.15, 0.2) is 0 Å². The van der Waals surface area contributed by atoms with Crippen LogP contribution in [0.1, 0.15) is 46.1 Å². The molecule has 0 aliphatic carbocycles. The zero-order valence-corrected chi connectivity index (χ0v) is 12.3. The van der Waals surface area contributed by atoms with Gasteiger partial charge in [-0.25, -0.2) is 0 Å². The first-order chi connectivity index (χ1) is 8.39. The van der Waals surface area contributed by atoms with Crippen LogP contribution in [0.15, 0.2) is 24.3 Å². The van der Waals surface area contributed by atoms with E-state index >= 15 is 0 Å². The van der Waals surface area contributed by atoms with E-state index in [1.165, 1.54) is 11.3 Å². The van der Waals surface area contributed by atoms with E-state index < -0.39 is 0 Å². The first kappa shape index (κ1) is 13.4. The number of hydrogen-bond donors (Lipinski definition) is 1. The minimum Gasteiger partial charge on any atom is -0.366 e. The van der Waals surface area contributed by atoms with E-state index in [0.29, 0.717) is 12.0 Å². The van der Waals surface area contributed by atoms with Crippen LogP contribution in [-0.4, -0.2) is 24.7 Å². The fraction of sp³-hybridized carbons (Fsp3) is 0.625. The summed E-state index contributed by atoms with van der Waals surface area (Å²) in [5, 5.41) is 3.60. The summed E-state index contributed by atoms with van der Waals surface area (Å²) in [6, 6.07) is 9.56. The van der Waals surface area contributed by atoms with Gasteiger partial charge in [-0.2, -0.15) is 0 Å². The van der Waals surface area contributed by atoms with Crippen molar-refractivity contribution in [2.75, 3.05) is 18.0 Å². The molecule has 0 radical (unpaired) electrons. The minimum atomic E-state index is 0.195. The summed E-state index contributed by atoms with van der Waals surface area (Å²) >= 11 is 0. The molecule has 1 aromatic carbocycles. The van der Waals surface area contributed by atoms with Gasteiger partial charge in [-0.15, -0.1) is 0 Å². The van der Waals surface area contributed by atoms with Crippen molar-refractivity contribution >= 4 is 5.69 Å². The first-order valence-corrected chi connectivity index (χ1v) is 7.01. The maximum Gasteiger partial charge on any atom is 0.0387 e. The fourth-order valence-corrected chi connectivity index (χ4v) is 2.58. The van der Waals surface area contributed by atoms with Gasteiger partial charge in [0.05, 0.1) is 0 Å². The van der Waals surface area contributed by atoms with Crippen LogP contribution in [-0.2, 0) is 0 Å². The second kappa shape index (κ2) is 4.93. The lowest BCUT2D eigenvalue weighted by Gasteiger charge is -2.45. The van der Waals surface area contributed by atoms with E-state index in [2.05, 4.69) is 69.1 Å². The van der Waals surface area contributed by atoms with E-state index in [9.17, 15) is 0 Å². The van der Waals surface area contributed by atoms with Crippen LogP contribution in [0.2, 0.25) is 0 Å². The molecule has 2 heteroatoms. The summed E-state index contributed by atoms with van der Waals surface area (Å²) in [6.07, 6.45) is 0. The summed E-state index contributed by atoms with van der Waals surface area (Å²) in [5.41, 5.74) is 2.99. The zero-order valence-electron chi connectivity index (χ0n) is 12.3. The van der Waals surface area contributed by atoms with Crippen molar-refractivity contribution < 1.29 is 0 Å². The number of nitrogens with zero attached hydrogens (tertiary/aromatic N) is 1. The van der Waals surface area contributed by atoms with Crippen LogP contribution in [0.5, 0.6) is 0 Å². The second-order valence-corrected chi connectivity index (χ2v) is 6.49.